The first-order valence-corrected chi connectivity index (χ1v) is 6.96. The molecule has 1 atom stereocenters. The van der Waals surface area contributed by atoms with Crippen molar-refractivity contribution in [2.45, 2.75) is 52.2 Å². The maximum absolute atomic E-state index is 10.4. The Morgan fingerprint density at radius 3 is 1.75 bits per heavy atom. The van der Waals surface area contributed by atoms with E-state index in [9.17, 15) is 4.79 Å². The first-order chi connectivity index (χ1) is 8.36. The van der Waals surface area contributed by atoms with Crippen LogP contribution in [-0.4, -0.2) is 11.5 Å². The van der Waals surface area contributed by atoms with Gasteiger partial charge in [-0.05, 0) is 17.9 Å². The molecule has 109 valence electrons. The van der Waals surface area contributed by atoms with Crippen LogP contribution in [0.15, 0.2) is 24.3 Å². The molecule has 0 N–H and O–H groups in total. The second-order valence-electron chi connectivity index (χ2n) is 5.23. The van der Waals surface area contributed by atoms with Crippen LogP contribution in [0.1, 0.15) is 51.7 Å². The molecular formula is C16H24CeOPaS-2. The van der Waals surface area contributed by atoms with Gasteiger partial charge in [-0.15, -0.1) is 5.92 Å². The first kappa shape index (κ1) is 26.6. The molecule has 0 bridgehead atoms. The standard InChI is InChI=1S/C13H17O.C3H8S.Ce.Pa/c1-10(2)8-12-4-6-13(7-5-12)11(3)9-14;1-3(2)4;;/h4-7,10-11H,8H2,1-3H3;3-4H,1-2H3;;/q-1;;;/p-1. The average molecular weight is 636 g/mol. The van der Waals surface area contributed by atoms with Crippen molar-refractivity contribution in [1.82, 2.24) is 0 Å². The van der Waals surface area contributed by atoms with E-state index in [0.29, 0.717) is 11.2 Å². The van der Waals surface area contributed by atoms with Crippen molar-refractivity contribution in [3.8, 4) is 0 Å². The fourth-order valence-corrected chi connectivity index (χ4v) is 1.48. The predicted molar refractivity (Wildman–Crippen MR) is 81.6 cm³/mol. The van der Waals surface area contributed by atoms with Crippen LogP contribution in [0, 0.1) is 80.0 Å². The molecule has 1 radical (unpaired) electrons. The Labute approximate surface area is 188 Å². The summed E-state index contributed by atoms with van der Waals surface area (Å²) in [7, 11) is 0. The fraction of sp³-hybridized carbons (Fsp3) is 0.562. The Balaban J connectivity index is -0.000000429. The van der Waals surface area contributed by atoms with Crippen LogP contribution < -0.4 is 0 Å². The molecule has 0 fully saturated rings. The number of carbonyl (C=O) groups excluding carboxylic acids is 1. The van der Waals surface area contributed by atoms with Crippen LogP contribution in [0.25, 0.3) is 0 Å². The molecule has 1 nitrogen and oxygen atoms in total. The van der Waals surface area contributed by atoms with Crippen LogP contribution in [0.3, 0.4) is 0 Å². The number of hydrogen-bond acceptors (Lipinski definition) is 2. The SMILES string of the molecule is CC(C)Cc1ccc(C(C)[C-]=O)cc1.CC(C)[S-].[Ce].[Pa]. The van der Waals surface area contributed by atoms with Gasteiger partial charge in [-0.2, -0.15) is 5.25 Å². The summed E-state index contributed by atoms with van der Waals surface area (Å²) >= 11 is 4.62. The van der Waals surface area contributed by atoms with Crippen molar-refractivity contribution >= 4 is 18.9 Å². The summed E-state index contributed by atoms with van der Waals surface area (Å²) in [5.41, 5.74) is 2.38. The zero-order valence-electron chi connectivity index (χ0n) is 13.1. The second kappa shape index (κ2) is 15.6. The van der Waals surface area contributed by atoms with Gasteiger partial charge < -0.3 is 17.4 Å². The van der Waals surface area contributed by atoms with E-state index in [4.69, 9.17) is 0 Å². The summed E-state index contributed by atoms with van der Waals surface area (Å²) in [5.74, 6) is 0.569. The van der Waals surface area contributed by atoms with Gasteiger partial charge in [0.25, 0.3) is 0 Å². The summed E-state index contributed by atoms with van der Waals surface area (Å²) in [6.07, 6.45) is 3.09. The van der Waals surface area contributed by atoms with Gasteiger partial charge >= 0.3 is 0 Å². The van der Waals surface area contributed by atoms with Gasteiger partial charge in [0, 0.05) is 74.1 Å². The van der Waals surface area contributed by atoms with Crippen LogP contribution in [0.5, 0.6) is 0 Å². The Hall–Kier alpha value is 1.71. The second-order valence-corrected chi connectivity index (χ2v) is 6.17. The van der Waals surface area contributed by atoms with Crippen LogP contribution in [0.2, 0.25) is 0 Å². The molecule has 20 heavy (non-hydrogen) atoms. The number of rotatable bonds is 4. The van der Waals surface area contributed by atoms with E-state index in [1.165, 1.54) is 5.56 Å². The molecule has 1 rings (SSSR count). The van der Waals surface area contributed by atoms with E-state index >= 15 is 0 Å². The summed E-state index contributed by atoms with van der Waals surface area (Å²) in [4.78, 5) is 10.4. The van der Waals surface area contributed by atoms with Crippen molar-refractivity contribution in [1.29, 1.82) is 0 Å². The van der Waals surface area contributed by atoms with Gasteiger partial charge in [-0.3, -0.25) is 6.29 Å². The molecule has 0 saturated heterocycles. The van der Waals surface area contributed by atoms with Crippen LogP contribution in [-0.2, 0) is 23.8 Å². The summed E-state index contributed by atoms with van der Waals surface area (Å²) in [5, 5.41) is 0.417. The average Bonchev–Trinajstić information content (AvgIpc) is 2.27. The molecule has 1 aromatic rings. The van der Waals surface area contributed by atoms with Crippen molar-refractivity contribution < 1.29 is 78.8 Å². The quantitative estimate of drug-likeness (QED) is 0.367. The van der Waals surface area contributed by atoms with E-state index in [0.717, 1.165) is 12.0 Å². The summed E-state index contributed by atoms with van der Waals surface area (Å²) < 4.78 is 0. The maximum atomic E-state index is 10.4. The third-order valence-corrected chi connectivity index (χ3v) is 2.30. The molecule has 0 aliphatic carbocycles. The molecule has 0 amide bonds. The monoisotopic (exact) mass is 635 g/mol. The van der Waals surface area contributed by atoms with Gasteiger partial charge in [0.1, 0.15) is 0 Å². The minimum Gasteiger partial charge on any atom is -0.790 e. The maximum Gasteiger partial charge on any atom is 0 e. The molecular weight excluding hydrogens is 611 g/mol. The fourth-order valence-electron chi connectivity index (χ4n) is 1.48. The molecule has 1 aromatic carbocycles. The van der Waals surface area contributed by atoms with Gasteiger partial charge in [-0.1, -0.05) is 64.4 Å². The summed E-state index contributed by atoms with van der Waals surface area (Å²) in [6.45, 7) is 10.2. The van der Waals surface area contributed by atoms with Crippen LogP contribution in [0.4, 0.5) is 0 Å². The third-order valence-electron chi connectivity index (χ3n) is 2.30. The minimum atomic E-state index is -0.108. The molecule has 0 heterocycles. The van der Waals surface area contributed by atoms with Crippen molar-refractivity contribution in [3.63, 3.8) is 0 Å². The molecule has 0 saturated carbocycles. The molecule has 4 heteroatoms. The van der Waals surface area contributed by atoms with Gasteiger partial charge in [-0.25, -0.2) is 0 Å². The number of hydrogen-bond donors (Lipinski definition) is 0. The van der Waals surface area contributed by atoms with E-state index in [-0.39, 0.29) is 80.0 Å². The third kappa shape index (κ3) is 14.6. The van der Waals surface area contributed by atoms with E-state index in [1.54, 1.807) is 0 Å². The summed E-state index contributed by atoms with van der Waals surface area (Å²) in [6, 6.07) is 8.24. The van der Waals surface area contributed by atoms with E-state index in [1.807, 2.05) is 39.2 Å². The largest absolute Gasteiger partial charge is 0.790 e. The molecule has 0 aliphatic rings. The number of benzene rings is 1. The van der Waals surface area contributed by atoms with Gasteiger partial charge in [0.05, 0.1) is 0 Å². The van der Waals surface area contributed by atoms with Crippen molar-refractivity contribution in [2.75, 3.05) is 0 Å². The molecule has 1 unspecified atom stereocenters. The predicted octanol–water partition coefficient (Wildman–Crippen LogP) is 4.04. The van der Waals surface area contributed by atoms with Crippen molar-refractivity contribution in [2.24, 2.45) is 5.92 Å². The Bertz CT molecular complexity index is 336. The Kier molecular flexibility index (Phi) is 20.7. The molecule has 0 aromatic heterocycles. The molecule has 0 aliphatic heterocycles. The topological polar surface area (TPSA) is 17.1 Å². The minimum absolute atomic E-state index is 0. The van der Waals surface area contributed by atoms with Gasteiger partial charge in [0.15, 0.2) is 0 Å². The normalized spacial score (nSPS) is 10.8. The zero-order valence-corrected chi connectivity index (χ0v) is 21.9. The van der Waals surface area contributed by atoms with E-state index < -0.39 is 0 Å². The Morgan fingerprint density at radius 1 is 1.05 bits per heavy atom. The smallest absolute Gasteiger partial charge is 0 e. The van der Waals surface area contributed by atoms with E-state index in [2.05, 4.69) is 38.6 Å². The molecule has 0 spiro atoms. The Morgan fingerprint density at radius 2 is 1.45 bits per heavy atom. The first-order valence-electron chi connectivity index (χ1n) is 6.49. The van der Waals surface area contributed by atoms with Crippen LogP contribution >= 0.6 is 0 Å². The van der Waals surface area contributed by atoms with Crippen molar-refractivity contribution in [3.05, 3.63) is 35.4 Å². The zero-order chi connectivity index (χ0) is 14.1. The van der Waals surface area contributed by atoms with Gasteiger partial charge in [0.2, 0.25) is 0 Å².